The lowest BCUT2D eigenvalue weighted by Gasteiger charge is -2.19. The molecule has 0 saturated carbocycles. The molecule has 0 spiro atoms. The monoisotopic (exact) mass is 279 g/mol. The number of furan rings is 1. The van der Waals surface area contributed by atoms with Gasteiger partial charge in [-0.1, -0.05) is 0 Å². The van der Waals surface area contributed by atoms with Crippen molar-refractivity contribution in [2.45, 2.75) is 20.3 Å². The van der Waals surface area contributed by atoms with Crippen molar-refractivity contribution in [1.82, 2.24) is 4.90 Å². The third kappa shape index (κ3) is 2.67. The molecule has 1 aromatic heterocycles. The number of rotatable bonds is 5. The standard InChI is InChI=1S/C15H18FNO3/c1-3-17(7-4-8-18)15(19)14-10(2)12-9-11(16)5-6-13(12)20-14/h5-6,9,18H,3-4,7-8H2,1-2H3. The summed E-state index contributed by atoms with van der Waals surface area (Å²) in [5.41, 5.74) is 1.15. The highest BCUT2D eigenvalue weighted by Gasteiger charge is 2.22. The highest BCUT2D eigenvalue weighted by Crippen LogP contribution is 2.26. The Morgan fingerprint density at radius 1 is 1.45 bits per heavy atom. The first kappa shape index (κ1) is 14.5. The molecular weight excluding hydrogens is 261 g/mol. The topological polar surface area (TPSA) is 53.7 Å². The number of carbonyl (C=O) groups excluding carboxylic acids is 1. The Morgan fingerprint density at radius 3 is 2.85 bits per heavy atom. The highest BCUT2D eigenvalue weighted by molar-refractivity contribution is 5.98. The van der Waals surface area contributed by atoms with Crippen molar-refractivity contribution in [3.05, 3.63) is 35.3 Å². The van der Waals surface area contributed by atoms with Crippen LogP contribution >= 0.6 is 0 Å². The van der Waals surface area contributed by atoms with E-state index in [2.05, 4.69) is 0 Å². The second-order valence-electron chi connectivity index (χ2n) is 4.66. The van der Waals surface area contributed by atoms with Gasteiger partial charge in [0.1, 0.15) is 11.4 Å². The van der Waals surface area contributed by atoms with Gasteiger partial charge in [-0.25, -0.2) is 4.39 Å². The summed E-state index contributed by atoms with van der Waals surface area (Å²) < 4.78 is 18.8. The van der Waals surface area contributed by atoms with Crippen molar-refractivity contribution in [2.75, 3.05) is 19.7 Å². The first-order valence-corrected chi connectivity index (χ1v) is 6.67. The molecule has 0 unspecified atom stereocenters. The van der Waals surface area contributed by atoms with E-state index in [1.165, 1.54) is 18.2 Å². The van der Waals surface area contributed by atoms with Gasteiger partial charge in [-0.2, -0.15) is 0 Å². The van der Waals surface area contributed by atoms with Crippen LogP contribution in [0, 0.1) is 12.7 Å². The average Bonchev–Trinajstić information content (AvgIpc) is 2.76. The summed E-state index contributed by atoms with van der Waals surface area (Å²) in [5, 5.41) is 9.48. The van der Waals surface area contributed by atoms with Crippen LogP contribution in [0.1, 0.15) is 29.5 Å². The minimum Gasteiger partial charge on any atom is -0.451 e. The Bertz CT molecular complexity index is 621. The van der Waals surface area contributed by atoms with Crippen LogP contribution in [-0.4, -0.2) is 35.6 Å². The molecule has 4 nitrogen and oxygen atoms in total. The van der Waals surface area contributed by atoms with Crippen molar-refractivity contribution in [3.8, 4) is 0 Å². The second-order valence-corrected chi connectivity index (χ2v) is 4.66. The van der Waals surface area contributed by atoms with E-state index in [0.717, 1.165) is 0 Å². The molecule has 0 atom stereocenters. The maximum atomic E-state index is 13.3. The van der Waals surface area contributed by atoms with Crippen LogP contribution in [-0.2, 0) is 0 Å². The molecule has 0 aliphatic carbocycles. The summed E-state index contributed by atoms with van der Waals surface area (Å²) >= 11 is 0. The summed E-state index contributed by atoms with van der Waals surface area (Å²) in [4.78, 5) is 14.0. The van der Waals surface area contributed by atoms with Crippen LogP contribution in [0.15, 0.2) is 22.6 Å². The quantitative estimate of drug-likeness (QED) is 0.915. The van der Waals surface area contributed by atoms with Crippen LogP contribution in [0.4, 0.5) is 4.39 Å². The lowest BCUT2D eigenvalue weighted by atomic mass is 10.1. The molecule has 0 saturated heterocycles. The van der Waals surface area contributed by atoms with Gasteiger partial charge >= 0.3 is 0 Å². The van der Waals surface area contributed by atoms with Gasteiger partial charge in [0.15, 0.2) is 5.76 Å². The Morgan fingerprint density at radius 2 is 2.20 bits per heavy atom. The van der Waals surface area contributed by atoms with Gasteiger partial charge in [-0.05, 0) is 38.5 Å². The van der Waals surface area contributed by atoms with E-state index in [0.29, 0.717) is 36.0 Å². The number of benzene rings is 1. The number of aliphatic hydroxyl groups is 1. The van der Waals surface area contributed by atoms with Crippen molar-refractivity contribution >= 4 is 16.9 Å². The molecule has 1 amide bonds. The van der Waals surface area contributed by atoms with Gasteiger partial charge in [0.25, 0.3) is 5.91 Å². The van der Waals surface area contributed by atoms with E-state index in [1.54, 1.807) is 11.8 Å². The first-order chi connectivity index (χ1) is 9.58. The summed E-state index contributed by atoms with van der Waals surface area (Å²) in [7, 11) is 0. The van der Waals surface area contributed by atoms with Crippen LogP contribution in [0.3, 0.4) is 0 Å². The fourth-order valence-corrected chi connectivity index (χ4v) is 2.21. The predicted molar refractivity (Wildman–Crippen MR) is 74.2 cm³/mol. The molecule has 20 heavy (non-hydrogen) atoms. The number of nitrogens with zero attached hydrogens (tertiary/aromatic N) is 1. The lowest BCUT2D eigenvalue weighted by Crippen LogP contribution is -2.32. The third-order valence-electron chi connectivity index (χ3n) is 3.35. The van der Waals surface area contributed by atoms with E-state index in [-0.39, 0.29) is 24.1 Å². The molecule has 0 aliphatic heterocycles. The number of aryl methyl sites for hydroxylation is 1. The molecule has 2 aromatic rings. The molecule has 1 aromatic carbocycles. The van der Waals surface area contributed by atoms with Crippen molar-refractivity contribution in [1.29, 1.82) is 0 Å². The zero-order chi connectivity index (χ0) is 14.7. The zero-order valence-electron chi connectivity index (χ0n) is 11.6. The molecular formula is C15H18FNO3. The summed E-state index contributed by atoms with van der Waals surface area (Å²) in [6, 6.07) is 4.20. The Kier molecular flexibility index (Phi) is 4.39. The molecule has 108 valence electrons. The number of aliphatic hydroxyl groups excluding tert-OH is 1. The average molecular weight is 279 g/mol. The molecule has 1 heterocycles. The van der Waals surface area contributed by atoms with Crippen LogP contribution in [0.2, 0.25) is 0 Å². The lowest BCUT2D eigenvalue weighted by molar-refractivity contribution is 0.0723. The summed E-state index contributed by atoms with van der Waals surface area (Å²) in [6.45, 7) is 4.65. The summed E-state index contributed by atoms with van der Waals surface area (Å²) in [5.74, 6) is -0.339. The minimum absolute atomic E-state index is 0.0358. The van der Waals surface area contributed by atoms with Crippen LogP contribution in [0.25, 0.3) is 11.0 Å². The molecule has 1 N–H and O–H groups in total. The van der Waals surface area contributed by atoms with Crippen molar-refractivity contribution in [2.24, 2.45) is 0 Å². The summed E-state index contributed by atoms with van der Waals surface area (Å²) in [6.07, 6.45) is 0.521. The number of halogens is 1. The molecule has 5 heteroatoms. The van der Waals surface area contributed by atoms with Crippen molar-refractivity contribution in [3.63, 3.8) is 0 Å². The number of fused-ring (bicyclic) bond motifs is 1. The van der Waals surface area contributed by atoms with Gasteiger partial charge in [0, 0.05) is 30.6 Å². The van der Waals surface area contributed by atoms with Gasteiger partial charge in [0.2, 0.25) is 0 Å². The fraction of sp³-hybridized carbons (Fsp3) is 0.400. The maximum Gasteiger partial charge on any atom is 0.289 e. The number of amides is 1. The zero-order valence-corrected chi connectivity index (χ0v) is 11.6. The van der Waals surface area contributed by atoms with Gasteiger partial charge < -0.3 is 14.4 Å². The number of hydrogen-bond donors (Lipinski definition) is 1. The highest BCUT2D eigenvalue weighted by atomic mass is 19.1. The molecule has 2 rings (SSSR count). The minimum atomic E-state index is -0.354. The number of hydrogen-bond acceptors (Lipinski definition) is 3. The Labute approximate surface area is 116 Å². The second kappa shape index (κ2) is 6.05. The molecule has 0 fully saturated rings. The van der Waals surface area contributed by atoms with Crippen LogP contribution < -0.4 is 0 Å². The Balaban J connectivity index is 2.36. The smallest absolute Gasteiger partial charge is 0.289 e. The Hall–Kier alpha value is -1.88. The number of carbonyl (C=O) groups is 1. The van der Waals surface area contributed by atoms with Crippen molar-refractivity contribution < 1.29 is 18.7 Å². The SMILES string of the molecule is CCN(CCCO)C(=O)c1oc2ccc(F)cc2c1C. The largest absolute Gasteiger partial charge is 0.451 e. The van der Waals surface area contributed by atoms with E-state index < -0.39 is 0 Å². The fourth-order valence-electron chi connectivity index (χ4n) is 2.21. The van der Waals surface area contributed by atoms with Crippen LogP contribution in [0.5, 0.6) is 0 Å². The van der Waals surface area contributed by atoms with Gasteiger partial charge in [0.05, 0.1) is 0 Å². The van der Waals surface area contributed by atoms with Gasteiger partial charge in [-0.3, -0.25) is 4.79 Å². The van der Waals surface area contributed by atoms with E-state index in [9.17, 15) is 9.18 Å². The predicted octanol–water partition coefficient (Wildman–Crippen LogP) is 2.72. The maximum absolute atomic E-state index is 13.3. The molecule has 0 radical (unpaired) electrons. The van der Waals surface area contributed by atoms with Gasteiger partial charge in [-0.15, -0.1) is 0 Å². The third-order valence-corrected chi connectivity index (χ3v) is 3.35. The van der Waals surface area contributed by atoms with E-state index in [4.69, 9.17) is 9.52 Å². The van der Waals surface area contributed by atoms with E-state index in [1.807, 2.05) is 6.92 Å². The molecule has 0 bridgehead atoms. The molecule has 0 aliphatic rings. The first-order valence-electron chi connectivity index (χ1n) is 6.67. The van der Waals surface area contributed by atoms with E-state index >= 15 is 0 Å². The normalized spacial score (nSPS) is 11.0.